The lowest BCUT2D eigenvalue weighted by Gasteiger charge is -2.18. The van der Waals surface area contributed by atoms with E-state index in [-0.39, 0.29) is 31.1 Å². The molecule has 1 unspecified atom stereocenters. The molecule has 0 aliphatic carbocycles. The van der Waals surface area contributed by atoms with E-state index in [1.54, 1.807) is 0 Å². The lowest BCUT2D eigenvalue weighted by atomic mass is 10.0. The van der Waals surface area contributed by atoms with Crippen molar-refractivity contribution >= 4 is 17.9 Å². The van der Waals surface area contributed by atoms with Gasteiger partial charge < -0.3 is 14.2 Å². The van der Waals surface area contributed by atoms with Gasteiger partial charge in [-0.25, -0.2) is 0 Å². The van der Waals surface area contributed by atoms with E-state index in [4.69, 9.17) is 14.2 Å². The van der Waals surface area contributed by atoms with Gasteiger partial charge in [0.05, 0.1) is 0 Å². The van der Waals surface area contributed by atoms with Crippen molar-refractivity contribution in [1.29, 1.82) is 0 Å². The summed E-state index contributed by atoms with van der Waals surface area (Å²) >= 11 is 0. The average molecular weight is 1070 g/mol. The third-order valence-electron chi connectivity index (χ3n) is 15.4. The molecule has 0 aromatic rings. The molecule has 76 heavy (non-hydrogen) atoms. The number of allylic oxidation sites excluding steroid dienone is 6. The molecule has 0 amide bonds. The number of hydrogen-bond donors (Lipinski definition) is 0. The number of carbonyl (C=O) groups is 3. The van der Waals surface area contributed by atoms with Gasteiger partial charge in [0.25, 0.3) is 0 Å². The van der Waals surface area contributed by atoms with Crippen LogP contribution in [0.4, 0.5) is 0 Å². The Bertz CT molecular complexity index is 1270. The Labute approximate surface area is 474 Å². The third-order valence-corrected chi connectivity index (χ3v) is 15.4. The van der Waals surface area contributed by atoms with E-state index in [2.05, 4.69) is 57.2 Å². The summed E-state index contributed by atoms with van der Waals surface area (Å²) in [6.07, 6.45) is 80.4. The number of unbranched alkanes of at least 4 members (excludes halogenated alkanes) is 46. The summed E-state index contributed by atoms with van der Waals surface area (Å²) in [5.41, 5.74) is 0. The molecule has 1 atom stereocenters. The predicted molar refractivity (Wildman–Crippen MR) is 330 cm³/mol. The lowest BCUT2D eigenvalue weighted by Crippen LogP contribution is -2.30. The van der Waals surface area contributed by atoms with Gasteiger partial charge in [-0.3, -0.25) is 14.4 Å². The monoisotopic (exact) mass is 1070 g/mol. The molecule has 0 spiro atoms. The normalized spacial score (nSPS) is 12.2. The maximum absolute atomic E-state index is 12.9. The smallest absolute Gasteiger partial charge is 0.306 e. The first-order chi connectivity index (χ1) is 37.5. The Morgan fingerprint density at radius 2 is 0.513 bits per heavy atom. The first kappa shape index (κ1) is 73.6. The highest BCUT2D eigenvalue weighted by Crippen LogP contribution is 2.19. The van der Waals surface area contributed by atoms with Crippen molar-refractivity contribution in [1.82, 2.24) is 0 Å². The van der Waals surface area contributed by atoms with E-state index < -0.39 is 6.10 Å². The minimum atomic E-state index is -0.781. The topological polar surface area (TPSA) is 78.9 Å². The van der Waals surface area contributed by atoms with E-state index in [1.807, 2.05) is 0 Å². The average Bonchev–Trinajstić information content (AvgIpc) is 3.42. The maximum atomic E-state index is 12.9. The van der Waals surface area contributed by atoms with Crippen LogP contribution in [0.5, 0.6) is 0 Å². The van der Waals surface area contributed by atoms with Crippen LogP contribution in [0.15, 0.2) is 36.5 Å². The molecule has 0 bridgehead atoms. The Morgan fingerprint density at radius 1 is 0.276 bits per heavy atom. The Balaban J connectivity index is 4.18. The van der Waals surface area contributed by atoms with Crippen LogP contribution in [0.3, 0.4) is 0 Å². The number of hydrogen-bond acceptors (Lipinski definition) is 6. The standard InChI is InChI=1S/C70H130O6/c1-4-7-10-13-16-19-22-25-27-29-30-31-32-33-34-35-36-37-38-39-41-42-45-48-51-54-57-60-63-69(72)75-66-67(65-74-68(71)62-59-56-53-50-47-44-24-21-18-15-12-9-6-3)76-70(73)64-61-58-55-52-49-46-43-40-28-26-23-20-17-14-11-8-5-2/h9,12,18,21,44,47,67H,4-8,10-11,13-17,19-20,22-43,45-46,48-66H2,1-3H3/b12-9-,21-18-,47-44-. The van der Waals surface area contributed by atoms with E-state index in [0.717, 1.165) is 83.5 Å². The lowest BCUT2D eigenvalue weighted by molar-refractivity contribution is -0.167. The van der Waals surface area contributed by atoms with Crippen LogP contribution < -0.4 is 0 Å². The zero-order valence-electron chi connectivity index (χ0n) is 51.3. The van der Waals surface area contributed by atoms with E-state index in [1.165, 1.54) is 250 Å². The van der Waals surface area contributed by atoms with E-state index in [9.17, 15) is 14.4 Å². The van der Waals surface area contributed by atoms with Crippen molar-refractivity contribution in [3.8, 4) is 0 Å². The molecule has 0 aromatic carbocycles. The molecule has 6 heteroatoms. The van der Waals surface area contributed by atoms with Crippen molar-refractivity contribution in [3.63, 3.8) is 0 Å². The molecule has 0 rings (SSSR count). The molecule has 0 aromatic heterocycles. The summed E-state index contributed by atoms with van der Waals surface area (Å²) < 4.78 is 16.9. The summed E-state index contributed by atoms with van der Waals surface area (Å²) in [6, 6.07) is 0. The molecular weight excluding hydrogens is 937 g/mol. The third kappa shape index (κ3) is 62.5. The quantitative estimate of drug-likeness (QED) is 0.0261. The van der Waals surface area contributed by atoms with Crippen molar-refractivity contribution in [2.24, 2.45) is 0 Å². The van der Waals surface area contributed by atoms with E-state index >= 15 is 0 Å². The van der Waals surface area contributed by atoms with Gasteiger partial charge in [-0.1, -0.05) is 340 Å². The second-order valence-electron chi connectivity index (χ2n) is 23.1. The largest absolute Gasteiger partial charge is 0.462 e. The van der Waals surface area contributed by atoms with Gasteiger partial charge in [-0.15, -0.1) is 0 Å². The summed E-state index contributed by atoms with van der Waals surface area (Å²) in [7, 11) is 0. The van der Waals surface area contributed by atoms with Crippen LogP contribution in [0, 0.1) is 0 Å². The molecule has 446 valence electrons. The van der Waals surface area contributed by atoms with Crippen molar-refractivity contribution in [3.05, 3.63) is 36.5 Å². The molecule has 6 nitrogen and oxygen atoms in total. The second kappa shape index (κ2) is 65.2. The van der Waals surface area contributed by atoms with Gasteiger partial charge in [0, 0.05) is 19.3 Å². The van der Waals surface area contributed by atoms with Crippen LogP contribution in [0.2, 0.25) is 0 Å². The first-order valence-corrected chi connectivity index (χ1v) is 34.0. The highest BCUT2D eigenvalue weighted by atomic mass is 16.6. The highest BCUT2D eigenvalue weighted by molar-refractivity contribution is 5.71. The summed E-state index contributed by atoms with van der Waals surface area (Å²) in [5, 5.41) is 0. The molecule has 0 aliphatic rings. The summed E-state index contributed by atoms with van der Waals surface area (Å²) in [5.74, 6) is -0.880. The van der Waals surface area contributed by atoms with Crippen LogP contribution in [0.25, 0.3) is 0 Å². The molecule has 0 aliphatic heterocycles. The fraction of sp³-hybridized carbons (Fsp3) is 0.871. The first-order valence-electron chi connectivity index (χ1n) is 34.0. The van der Waals surface area contributed by atoms with Crippen molar-refractivity contribution in [2.75, 3.05) is 13.2 Å². The van der Waals surface area contributed by atoms with Crippen molar-refractivity contribution < 1.29 is 28.6 Å². The van der Waals surface area contributed by atoms with Crippen LogP contribution in [-0.4, -0.2) is 37.2 Å². The number of rotatable bonds is 63. The highest BCUT2D eigenvalue weighted by Gasteiger charge is 2.19. The fourth-order valence-electron chi connectivity index (χ4n) is 10.3. The Morgan fingerprint density at radius 3 is 0.803 bits per heavy atom. The minimum absolute atomic E-state index is 0.0760. The Hall–Kier alpha value is -2.37. The van der Waals surface area contributed by atoms with Crippen molar-refractivity contribution in [2.45, 2.75) is 380 Å². The second-order valence-corrected chi connectivity index (χ2v) is 23.1. The van der Waals surface area contributed by atoms with Crippen LogP contribution >= 0.6 is 0 Å². The molecule has 0 heterocycles. The number of carbonyl (C=O) groups excluding carboxylic acids is 3. The summed E-state index contributed by atoms with van der Waals surface area (Å²) in [4.78, 5) is 38.3. The molecular formula is C70H130O6. The van der Waals surface area contributed by atoms with Gasteiger partial charge in [-0.2, -0.15) is 0 Å². The predicted octanol–water partition coefficient (Wildman–Crippen LogP) is 23.2. The SMILES string of the molecule is CC/C=C\C/C=C\C/C=C\CCCCCC(=O)OCC(COC(=O)CCCCCCCCCCCCCCCCCCCCCCCCCCCCCC)OC(=O)CCCCCCCCCCCCCCCCCCC. The molecule has 0 fully saturated rings. The van der Waals surface area contributed by atoms with Gasteiger partial charge >= 0.3 is 17.9 Å². The summed E-state index contributed by atoms with van der Waals surface area (Å²) in [6.45, 7) is 6.57. The maximum Gasteiger partial charge on any atom is 0.306 e. The molecule has 0 N–H and O–H groups in total. The Kier molecular flexibility index (Phi) is 63.1. The number of esters is 3. The molecule has 0 saturated heterocycles. The molecule has 0 saturated carbocycles. The van der Waals surface area contributed by atoms with E-state index in [0.29, 0.717) is 19.3 Å². The van der Waals surface area contributed by atoms with Gasteiger partial charge in [-0.05, 0) is 51.4 Å². The molecule has 0 radical (unpaired) electrons. The van der Waals surface area contributed by atoms with Gasteiger partial charge in [0.15, 0.2) is 6.10 Å². The van der Waals surface area contributed by atoms with Gasteiger partial charge in [0.1, 0.15) is 13.2 Å². The van der Waals surface area contributed by atoms with Gasteiger partial charge in [0.2, 0.25) is 0 Å². The van der Waals surface area contributed by atoms with Crippen LogP contribution in [-0.2, 0) is 28.6 Å². The zero-order chi connectivity index (χ0) is 55.0. The number of ether oxygens (including phenoxy) is 3. The minimum Gasteiger partial charge on any atom is -0.462 e. The fourth-order valence-corrected chi connectivity index (χ4v) is 10.3. The zero-order valence-corrected chi connectivity index (χ0v) is 51.3. The van der Waals surface area contributed by atoms with Crippen LogP contribution in [0.1, 0.15) is 374 Å².